The molecular formula is C28H36N2O3. The number of carbonyl (C=O) groups is 1. The molecule has 4 rings (SSSR count). The molecule has 0 spiro atoms. The van der Waals surface area contributed by atoms with Gasteiger partial charge in [0.2, 0.25) is 0 Å². The van der Waals surface area contributed by atoms with E-state index >= 15 is 0 Å². The number of ketones is 1. The second-order valence-electron chi connectivity index (χ2n) is 9.31. The first-order chi connectivity index (χ1) is 16.1. The van der Waals surface area contributed by atoms with Crippen LogP contribution in [0.2, 0.25) is 0 Å². The van der Waals surface area contributed by atoms with Gasteiger partial charge in [0, 0.05) is 36.2 Å². The van der Waals surface area contributed by atoms with Gasteiger partial charge >= 0.3 is 0 Å². The lowest BCUT2D eigenvalue weighted by Crippen LogP contribution is -2.25. The summed E-state index contributed by atoms with van der Waals surface area (Å²) in [5.74, 6) is 1.81. The number of hydrogen-bond acceptors (Lipinski definition) is 4. The molecule has 2 aliphatic rings. The number of nitrogens with zero attached hydrogens (tertiary/aromatic N) is 1. The molecule has 0 aliphatic heterocycles. The average molecular weight is 449 g/mol. The molecule has 176 valence electrons. The molecular weight excluding hydrogens is 412 g/mol. The molecule has 0 saturated heterocycles. The molecule has 1 aromatic carbocycles. The molecule has 0 amide bonds. The third-order valence-electron chi connectivity index (χ3n) is 6.88. The van der Waals surface area contributed by atoms with Gasteiger partial charge in [0.1, 0.15) is 11.5 Å². The predicted octanol–water partition coefficient (Wildman–Crippen LogP) is 5.16. The molecule has 1 aromatic heterocycles. The highest BCUT2D eigenvalue weighted by molar-refractivity contribution is 5.83. The second kappa shape index (κ2) is 11.0. The largest absolute Gasteiger partial charge is 0.494 e. The van der Waals surface area contributed by atoms with Crippen molar-refractivity contribution in [2.24, 2.45) is 5.92 Å². The van der Waals surface area contributed by atoms with Crippen LogP contribution >= 0.6 is 0 Å². The van der Waals surface area contributed by atoms with Crippen LogP contribution < -0.4 is 10.3 Å². The lowest BCUT2D eigenvalue weighted by Gasteiger charge is -2.17. The Balaban J connectivity index is 1.50. The maximum absolute atomic E-state index is 12.7. The first-order valence-electron chi connectivity index (χ1n) is 12.5. The Morgan fingerprint density at radius 3 is 2.42 bits per heavy atom. The van der Waals surface area contributed by atoms with Crippen molar-refractivity contribution in [3.63, 3.8) is 0 Å². The van der Waals surface area contributed by atoms with Crippen LogP contribution in [0.4, 0.5) is 0 Å². The number of aromatic amines is 1. The number of allylic oxidation sites excluding steroid dienone is 1. The van der Waals surface area contributed by atoms with Crippen LogP contribution in [0, 0.1) is 5.92 Å². The Kier molecular flexibility index (Phi) is 7.81. The SMILES string of the molecule is CCN(CC)CCCOc1ccc(/C(=C\[C@H]2CCC(=O)C2)c2ccc(C3CC3)c(=O)[nH]2)cc1. The molecule has 0 radical (unpaired) electrons. The van der Waals surface area contributed by atoms with Gasteiger partial charge in [0.05, 0.1) is 6.61 Å². The van der Waals surface area contributed by atoms with Crippen molar-refractivity contribution in [1.29, 1.82) is 0 Å². The van der Waals surface area contributed by atoms with Crippen molar-refractivity contribution < 1.29 is 9.53 Å². The van der Waals surface area contributed by atoms with E-state index in [1.54, 1.807) is 0 Å². The first kappa shape index (κ1) is 23.5. The number of H-pyrrole nitrogens is 1. The third kappa shape index (κ3) is 6.23. The summed E-state index contributed by atoms with van der Waals surface area (Å²) in [4.78, 5) is 30.0. The molecule has 33 heavy (non-hydrogen) atoms. The lowest BCUT2D eigenvalue weighted by atomic mass is 9.95. The quantitative estimate of drug-likeness (QED) is 0.482. The smallest absolute Gasteiger partial charge is 0.251 e. The Morgan fingerprint density at radius 1 is 1.06 bits per heavy atom. The molecule has 5 heteroatoms. The van der Waals surface area contributed by atoms with Crippen LogP contribution in [-0.4, -0.2) is 41.9 Å². The van der Waals surface area contributed by atoms with Gasteiger partial charge < -0.3 is 14.6 Å². The van der Waals surface area contributed by atoms with Crippen LogP contribution in [-0.2, 0) is 4.79 Å². The lowest BCUT2D eigenvalue weighted by molar-refractivity contribution is -0.117. The minimum Gasteiger partial charge on any atom is -0.494 e. The van der Waals surface area contributed by atoms with Crippen molar-refractivity contribution in [2.45, 2.75) is 58.3 Å². The summed E-state index contributed by atoms with van der Waals surface area (Å²) in [5, 5.41) is 0. The van der Waals surface area contributed by atoms with Crippen molar-refractivity contribution in [3.8, 4) is 5.75 Å². The number of benzene rings is 1. The summed E-state index contributed by atoms with van der Waals surface area (Å²) < 4.78 is 5.95. The van der Waals surface area contributed by atoms with Gasteiger partial charge in [-0.25, -0.2) is 0 Å². The number of carbonyl (C=O) groups excluding carboxylic acids is 1. The van der Waals surface area contributed by atoms with Gasteiger partial charge in [-0.2, -0.15) is 0 Å². The fourth-order valence-electron chi connectivity index (χ4n) is 4.67. The predicted molar refractivity (Wildman–Crippen MR) is 133 cm³/mol. The van der Waals surface area contributed by atoms with Crippen molar-refractivity contribution in [3.05, 3.63) is 69.6 Å². The Bertz CT molecular complexity index is 1030. The van der Waals surface area contributed by atoms with E-state index in [0.717, 1.165) is 73.5 Å². The summed E-state index contributed by atoms with van der Waals surface area (Å²) in [6.07, 6.45) is 7.48. The molecule has 1 heterocycles. The second-order valence-corrected chi connectivity index (χ2v) is 9.31. The molecule has 0 bridgehead atoms. The topological polar surface area (TPSA) is 62.4 Å². The Morgan fingerprint density at radius 2 is 1.82 bits per heavy atom. The third-order valence-corrected chi connectivity index (χ3v) is 6.88. The standard InChI is InChI=1S/C28H36N2O3/c1-3-30(4-2)16-5-17-33-24-12-9-22(10-13-24)26(19-20-6-11-23(31)18-20)27-15-14-25(21-7-8-21)28(32)29-27/h9-10,12-15,19-21H,3-8,11,16-18H2,1-2H3,(H,29,32)/b26-19+/t20-/m0/s1. The number of Topliss-reactive ketones (excluding diaryl/α,β-unsaturated/α-hetero) is 1. The maximum Gasteiger partial charge on any atom is 0.251 e. The van der Waals surface area contributed by atoms with E-state index in [1.807, 2.05) is 24.3 Å². The number of nitrogens with one attached hydrogen (secondary N) is 1. The summed E-state index contributed by atoms with van der Waals surface area (Å²) in [7, 11) is 0. The highest BCUT2D eigenvalue weighted by Gasteiger charge is 2.27. The number of aromatic nitrogens is 1. The van der Waals surface area contributed by atoms with E-state index in [0.29, 0.717) is 31.1 Å². The summed E-state index contributed by atoms with van der Waals surface area (Å²) >= 11 is 0. The van der Waals surface area contributed by atoms with Gasteiger partial charge in [-0.3, -0.25) is 9.59 Å². The van der Waals surface area contributed by atoms with Crippen LogP contribution in [0.15, 0.2) is 47.3 Å². The molecule has 5 nitrogen and oxygen atoms in total. The molecule has 2 aromatic rings. The molecule has 2 aliphatic carbocycles. The van der Waals surface area contributed by atoms with E-state index in [9.17, 15) is 9.59 Å². The number of hydrogen-bond donors (Lipinski definition) is 1. The Hall–Kier alpha value is -2.66. The number of pyridine rings is 1. The first-order valence-corrected chi connectivity index (χ1v) is 12.5. The molecule has 1 atom stereocenters. The summed E-state index contributed by atoms with van der Waals surface area (Å²) in [5.41, 5.74) is 3.73. The van der Waals surface area contributed by atoms with Crippen LogP contribution in [0.25, 0.3) is 5.57 Å². The Labute approximate surface area is 196 Å². The van der Waals surface area contributed by atoms with Crippen molar-refractivity contribution in [2.75, 3.05) is 26.2 Å². The van der Waals surface area contributed by atoms with Gasteiger partial charge in [-0.15, -0.1) is 0 Å². The fourth-order valence-corrected chi connectivity index (χ4v) is 4.67. The van der Waals surface area contributed by atoms with E-state index < -0.39 is 0 Å². The summed E-state index contributed by atoms with van der Waals surface area (Å²) in [6, 6.07) is 12.1. The zero-order chi connectivity index (χ0) is 23.2. The van der Waals surface area contributed by atoms with E-state index in [2.05, 4.69) is 41.9 Å². The van der Waals surface area contributed by atoms with Crippen LogP contribution in [0.1, 0.15) is 75.1 Å². The molecule has 2 saturated carbocycles. The van der Waals surface area contributed by atoms with E-state index in [4.69, 9.17) is 4.74 Å². The van der Waals surface area contributed by atoms with Gasteiger partial charge in [-0.1, -0.05) is 38.1 Å². The van der Waals surface area contributed by atoms with Crippen LogP contribution in [0.3, 0.4) is 0 Å². The minimum absolute atomic E-state index is 0.0107. The maximum atomic E-state index is 12.7. The van der Waals surface area contributed by atoms with Crippen molar-refractivity contribution in [1.82, 2.24) is 9.88 Å². The highest BCUT2D eigenvalue weighted by atomic mass is 16.5. The number of ether oxygens (including phenoxy) is 1. The molecule has 2 fully saturated rings. The monoisotopic (exact) mass is 448 g/mol. The molecule has 0 unspecified atom stereocenters. The minimum atomic E-state index is 0.0107. The van der Waals surface area contributed by atoms with Gasteiger partial charge in [0.25, 0.3) is 5.56 Å². The van der Waals surface area contributed by atoms with E-state index in [-0.39, 0.29) is 11.5 Å². The number of rotatable bonds is 11. The van der Waals surface area contributed by atoms with Gasteiger partial charge in [-0.05, 0) is 74.4 Å². The average Bonchev–Trinajstić information content (AvgIpc) is 3.59. The zero-order valence-corrected chi connectivity index (χ0v) is 19.9. The van der Waals surface area contributed by atoms with Crippen molar-refractivity contribution >= 4 is 11.4 Å². The van der Waals surface area contributed by atoms with Crippen LogP contribution in [0.5, 0.6) is 5.75 Å². The van der Waals surface area contributed by atoms with E-state index in [1.165, 1.54) is 0 Å². The fraction of sp³-hybridized carbons (Fsp3) is 0.500. The summed E-state index contributed by atoms with van der Waals surface area (Å²) in [6.45, 7) is 8.24. The van der Waals surface area contributed by atoms with Gasteiger partial charge in [0.15, 0.2) is 0 Å². The highest BCUT2D eigenvalue weighted by Crippen LogP contribution is 2.38. The normalized spacial score (nSPS) is 18.8. The zero-order valence-electron chi connectivity index (χ0n) is 19.9. The molecule has 1 N–H and O–H groups in total.